The molecule has 10 heteroatoms. The predicted molar refractivity (Wildman–Crippen MR) is 151 cm³/mol. The molecule has 5 rings (SSSR count). The highest BCUT2D eigenvalue weighted by Crippen LogP contribution is 2.51. The summed E-state index contributed by atoms with van der Waals surface area (Å²) in [5.74, 6) is -0.269. The van der Waals surface area contributed by atoms with Crippen molar-refractivity contribution in [1.29, 1.82) is 5.26 Å². The number of para-hydroxylation sites is 1. The molecule has 1 aromatic carbocycles. The Morgan fingerprint density at radius 1 is 1.18 bits per heavy atom. The normalized spacial score (nSPS) is 19.3. The zero-order chi connectivity index (χ0) is 27.4. The van der Waals surface area contributed by atoms with Crippen LogP contribution in [0.15, 0.2) is 57.3 Å². The third-order valence-electron chi connectivity index (χ3n) is 6.94. The molecule has 38 heavy (non-hydrogen) atoms. The van der Waals surface area contributed by atoms with Crippen molar-refractivity contribution in [1.82, 2.24) is 20.0 Å². The molecule has 2 aromatic heterocycles. The molecule has 196 valence electrons. The largest absolute Gasteiger partial charge is 0.384 e. The number of hydrogen-bond acceptors (Lipinski definition) is 9. The number of anilines is 1. The molecule has 0 spiro atoms. The number of nitrogens with zero attached hydrogens (tertiary/aromatic N) is 6. The first-order valence-corrected chi connectivity index (χ1v) is 14.3. The summed E-state index contributed by atoms with van der Waals surface area (Å²) in [7, 11) is 0. The molecule has 0 fully saturated rings. The van der Waals surface area contributed by atoms with Gasteiger partial charge in [0.2, 0.25) is 5.13 Å². The molecule has 1 aliphatic heterocycles. The number of benzene rings is 1. The van der Waals surface area contributed by atoms with Crippen molar-refractivity contribution in [3.63, 3.8) is 0 Å². The number of carbonyl (C=O) groups excluding carboxylic acids is 1. The van der Waals surface area contributed by atoms with Gasteiger partial charge < -0.3 is 5.73 Å². The maximum absolute atomic E-state index is 13.9. The number of nitrogens with two attached hydrogens (primary N) is 1. The minimum Gasteiger partial charge on any atom is -0.384 e. The molecule has 1 aliphatic carbocycles. The van der Waals surface area contributed by atoms with Gasteiger partial charge in [0, 0.05) is 34.2 Å². The first kappa shape index (κ1) is 26.2. The highest BCUT2D eigenvalue weighted by Gasteiger charge is 2.46. The number of aryl methyl sites for hydroxylation is 1. The van der Waals surface area contributed by atoms with E-state index in [0.717, 1.165) is 32.7 Å². The van der Waals surface area contributed by atoms with Gasteiger partial charge in [0.05, 0.1) is 28.9 Å². The number of rotatable bonds is 5. The lowest BCUT2D eigenvalue weighted by Gasteiger charge is -2.42. The highest BCUT2D eigenvalue weighted by atomic mass is 32.2. The second kappa shape index (κ2) is 9.71. The Bertz CT molecular complexity index is 1520. The summed E-state index contributed by atoms with van der Waals surface area (Å²) in [6.07, 6.45) is 1.02. The molecular weight excluding hydrogens is 514 g/mol. The van der Waals surface area contributed by atoms with E-state index in [2.05, 4.69) is 44.0 Å². The molecule has 1 atom stereocenters. The molecule has 3 heterocycles. The van der Waals surface area contributed by atoms with Gasteiger partial charge >= 0.3 is 0 Å². The third kappa shape index (κ3) is 4.44. The van der Waals surface area contributed by atoms with Gasteiger partial charge in [-0.15, -0.1) is 10.2 Å². The average Bonchev–Trinajstić information content (AvgIpc) is 3.41. The molecule has 2 aliphatic rings. The summed E-state index contributed by atoms with van der Waals surface area (Å²) < 4.78 is 2.70. The van der Waals surface area contributed by atoms with Crippen molar-refractivity contribution in [2.75, 3.05) is 4.90 Å². The van der Waals surface area contributed by atoms with Crippen molar-refractivity contribution in [2.45, 2.75) is 69.9 Å². The lowest BCUT2D eigenvalue weighted by atomic mass is 9.68. The first-order chi connectivity index (χ1) is 18.0. The molecule has 0 unspecified atom stereocenters. The molecule has 0 saturated carbocycles. The Kier molecular flexibility index (Phi) is 6.70. The second-order valence-electron chi connectivity index (χ2n) is 10.8. The minimum atomic E-state index is -0.593. The molecule has 2 N–H and O–H groups in total. The summed E-state index contributed by atoms with van der Waals surface area (Å²) in [5, 5.41) is 25.0. The van der Waals surface area contributed by atoms with E-state index < -0.39 is 5.92 Å². The van der Waals surface area contributed by atoms with Crippen LogP contribution in [0.3, 0.4) is 0 Å². The van der Waals surface area contributed by atoms with E-state index in [-0.39, 0.29) is 11.2 Å². The van der Waals surface area contributed by atoms with Gasteiger partial charge in [-0.3, -0.25) is 9.69 Å². The number of aromatic nitrogens is 4. The van der Waals surface area contributed by atoms with Crippen molar-refractivity contribution in [3.8, 4) is 11.8 Å². The van der Waals surface area contributed by atoms with Crippen molar-refractivity contribution < 1.29 is 4.79 Å². The zero-order valence-electron chi connectivity index (χ0n) is 22.4. The van der Waals surface area contributed by atoms with E-state index in [1.54, 1.807) is 16.7 Å². The third-order valence-corrected chi connectivity index (χ3v) is 8.94. The Hall–Kier alpha value is -3.42. The lowest BCUT2D eigenvalue weighted by molar-refractivity contribution is -0.118. The number of Topliss-reactive ketones (excluding diaryl/α,β-unsaturated/α-hetero) is 1. The summed E-state index contributed by atoms with van der Waals surface area (Å²) >= 11 is 3.05. The van der Waals surface area contributed by atoms with Crippen molar-refractivity contribution >= 4 is 34.0 Å². The van der Waals surface area contributed by atoms with E-state index in [4.69, 9.17) is 10.8 Å². The van der Waals surface area contributed by atoms with Gasteiger partial charge in [0.25, 0.3) is 0 Å². The van der Waals surface area contributed by atoms with Crippen LogP contribution in [0.1, 0.15) is 63.4 Å². The van der Waals surface area contributed by atoms with Crippen molar-refractivity contribution in [2.24, 2.45) is 11.1 Å². The number of allylic oxidation sites excluding steroid dienone is 3. The summed E-state index contributed by atoms with van der Waals surface area (Å²) in [6.45, 7) is 12.3. The second-order valence-corrected chi connectivity index (χ2v) is 13.6. The topological polar surface area (TPSA) is 114 Å². The Labute approximate surface area is 231 Å². The van der Waals surface area contributed by atoms with Gasteiger partial charge in [0.15, 0.2) is 10.1 Å². The summed E-state index contributed by atoms with van der Waals surface area (Å²) in [4.78, 5) is 15.7. The Balaban J connectivity index is 1.73. The van der Waals surface area contributed by atoms with E-state index in [1.807, 2.05) is 48.9 Å². The molecule has 0 bridgehead atoms. The van der Waals surface area contributed by atoms with Gasteiger partial charge in [0.1, 0.15) is 5.82 Å². The lowest BCUT2D eigenvalue weighted by Crippen LogP contribution is -2.42. The number of thioether (sulfide) groups is 1. The zero-order valence-corrected chi connectivity index (χ0v) is 24.1. The van der Waals surface area contributed by atoms with Gasteiger partial charge in [-0.1, -0.05) is 69.0 Å². The van der Waals surface area contributed by atoms with E-state index >= 15 is 0 Å². The van der Waals surface area contributed by atoms with Crippen LogP contribution >= 0.6 is 23.1 Å². The van der Waals surface area contributed by atoms with E-state index in [1.165, 1.54) is 11.3 Å². The fourth-order valence-corrected chi connectivity index (χ4v) is 7.56. The maximum Gasteiger partial charge on any atom is 0.219 e. The Morgan fingerprint density at radius 2 is 1.89 bits per heavy atom. The SMILES string of the molecule is Cc1nn(-c2ccccc2)c(C)c1[C@H]1C(C#N)=C(N)N(c2nnc(SC(C)C)s2)C2=C1C(=O)CC(C)(C)C2. The molecule has 0 radical (unpaired) electrons. The first-order valence-electron chi connectivity index (χ1n) is 12.6. The summed E-state index contributed by atoms with van der Waals surface area (Å²) in [5.41, 5.74) is 11.7. The minimum absolute atomic E-state index is 0.0269. The maximum atomic E-state index is 13.9. The van der Waals surface area contributed by atoms with Crippen LogP contribution in [0.4, 0.5) is 5.13 Å². The number of nitriles is 1. The molecule has 3 aromatic rings. The van der Waals surface area contributed by atoms with Crippen LogP contribution in [0.2, 0.25) is 0 Å². The summed E-state index contributed by atoms with van der Waals surface area (Å²) in [6, 6.07) is 12.2. The predicted octanol–water partition coefficient (Wildman–Crippen LogP) is 5.78. The average molecular weight is 546 g/mol. The van der Waals surface area contributed by atoms with Crippen LogP contribution in [-0.2, 0) is 4.79 Å². The van der Waals surface area contributed by atoms with Gasteiger partial charge in [-0.05, 0) is 37.8 Å². The van der Waals surface area contributed by atoms with Crippen molar-refractivity contribution in [3.05, 3.63) is 69.9 Å². The van der Waals surface area contributed by atoms with Crippen LogP contribution in [0.5, 0.6) is 0 Å². The van der Waals surface area contributed by atoms with Crippen LogP contribution in [-0.4, -0.2) is 31.0 Å². The smallest absolute Gasteiger partial charge is 0.219 e. The van der Waals surface area contributed by atoms with Gasteiger partial charge in [-0.25, -0.2) is 4.68 Å². The van der Waals surface area contributed by atoms with E-state index in [0.29, 0.717) is 40.2 Å². The molecule has 0 saturated heterocycles. The quantitative estimate of drug-likeness (QED) is 0.401. The fraction of sp³-hybridized carbons (Fsp3) is 0.393. The van der Waals surface area contributed by atoms with Gasteiger partial charge in [-0.2, -0.15) is 10.4 Å². The van der Waals surface area contributed by atoms with Crippen LogP contribution < -0.4 is 10.6 Å². The standard InChI is InChI=1S/C28H31N7OS2/c1-15(2)37-27-32-31-26(38-27)34-20-12-28(5,6)13-21(36)24(20)23(19(14-29)25(34)30)22-16(3)33-35(17(22)4)18-10-8-7-9-11-18/h7-11,15,23H,12-13,30H2,1-6H3/t23-/m1/s1. The monoisotopic (exact) mass is 545 g/mol. The Morgan fingerprint density at radius 3 is 2.55 bits per heavy atom. The van der Waals surface area contributed by atoms with Crippen LogP contribution in [0, 0.1) is 30.6 Å². The highest BCUT2D eigenvalue weighted by molar-refractivity contribution is 8.01. The molecule has 0 amide bonds. The fourth-order valence-electron chi connectivity index (χ4n) is 5.45. The number of carbonyl (C=O) groups is 1. The van der Waals surface area contributed by atoms with E-state index in [9.17, 15) is 10.1 Å². The molecule has 8 nitrogen and oxygen atoms in total. The number of ketones is 1. The van der Waals surface area contributed by atoms with Crippen LogP contribution in [0.25, 0.3) is 5.69 Å². The number of hydrogen-bond donors (Lipinski definition) is 1. The molecular formula is C28H31N7OS2.